The summed E-state index contributed by atoms with van der Waals surface area (Å²) in [5.41, 5.74) is 1.46. The van der Waals surface area contributed by atoms with E-state index in [9.17, 15) is 4.79 Å². The van der Waals surface area contributed by atoms with Crippen LogP contribution in [0.15, 0.2) is 41.2 Å². The molecule has 0 radical (unpaired) electrons. The Hall–Kier alpha value is -2.63. The van der Waals surface area contributed by atoms with E-state index in [1.807, 2.05) is 48.5 Å². The highest BCUT2D eigenvalue weighted by Crippen LogP contribution is 2.22. The third-order valence-corrected chi connectivity index (χ3v) is 5.02. The standard InChI is InChI=1S/C19H22N4O2/c1-14-20-8-10-22(14)12-15-5-4-9-23(13-15)19(24)11-17-16-6-2-3-7-18(16)25-21-17/h2-3,6-8,10,15H,4-5,9,11-13H2,1H3/t15-/m0/s1. The number of nitrogens with zero attached hydrogens (tertiary/aromatic N) is 4. The number of hydrogen-bond acceptors (Lipinski definition) is 4. The fraction of sp³-hybridized carbons (Fsp3) is 0.421. The molecule has 6 heteroatoms. The van der Waals surface area contributed by atoms with Gasteiger partial charge in [0.15, 0.2) is 5.58 Å². The first-order chi connectivity index (χ1) is 12.2. The number of rotatable bonds is 4. The molecule has 0 bridgehead atoms. The van der Waals surface area contributed by atoms with Crippen LogP contribution in [0.4, 0.5) is 0 Å². The predicted octanol–water partition coefficient (Wildman–Crippen LogP) is 2.81. The zero-order chi connectivity index (χ0) is 17.2. The van der Waals surface area contributed by atoms with E-state index in [0.717, 1.165) is 55.0 Å². The number of carbonyl (C=O) groups excluding carboxylic acids is 1. The van der Waals surface area contributed by atoms with Gasteiger partial charge in [-0.05, 0) is 37.8 Å². The average Bonchev–Trinajstić information content (AvgIpc) is 3.22. The van der Waals surface area contributed by atoms with Crippen molar-refractivity contribution < 1.29 is 9.32 Å². The summed E-state index contributed by atoms with van der Waals surface area (Å²) in [6.07, 6.45) is 6.33. The van der Waals surface area contributed by atoms with Crippen molar-refractivity contribution in [3.05, 3.63) is 48.2 Å². The number of amides is 1. The first-order valence-corrected chi connectivity index (χ1v) is 8.79. The molecule has 1 saturated heterocycles. The summed E-state index contributed by atoms with van der Waals surface area (Å²) in [6.45, 7) is 4.56. The minimum absolute atomic E-state index is 0.131. The molecular weight excluding hydrogens is 316 g/mol. The molecule has 0 unspecified atom stereocenters. The molecule has 0 aliphatic carbocycles. The van der Waals surface area contributed by atoms with Gasteiger partial charge in [-0.1, -0.05) is 17.3 Å². The summed E-state index contributed by atoms with van der Waals surface area (Å²) in [5, 5.41) is 5.02. The Morgan fingerprint density at radius 2 is 2.24 bits per heavy atom. The van der Waals surface area contributed by atoms with Crippen LogP contribution in [0.5, 0.6) is 0 Å². The van der Waals surface area contributed by atoms with E-state index < -0.39 is 0 Å². The summed E-state index contributed by atoms with van der Waals surface area (Å²) in [4.78, 5) is 19.0. The minimum atomic E-state index is 0.131. The van der Waals surface area contributed by atoms with E-state index in [1.54, 1.807) is 0 Å². The predicted molar refractivity (Wildman–Crippen MR) is 94.0 cm³/mol. The Kier molecular flexibility index (Phi) is 4.26. The van der Waals surface area contributed by atoms with Gasteiger partial charge in [0.1, 0.15) is 11.5 Å². The fourth-order valence-corrected chi connectivity index (χ4v) is 3.64. The van der Waals surface area contributed by atoms with E-state index >= 15 is 0 Å². The van der Waals surface area contributed by atoms with Crippen LogP contribution in [-0.4, -0.2) is 38.6 Å². The number of aryl methyl sites for hydroxylation is 1. The normalized spacial score (nSPS) is 18.0. The van der Waals surface area contributed by atoms with E-state index in [1.165, 1.54) is 0 Å². The van der Waals surface area contributed by atoms with Crippen molar-refractivity contribution in [1.29, 1.82) is 0 Å². The molecule has 25 heavy (non-hydrogen) atoms. The smallest absolute Gasteiger partial charge is 0.228 e. The monoisotopic (exact) mass is 338 g/mol. The Balaban J connectivity index is 1.42. The van der Waals surface area contributed by atoms with Crippen molar-refractivity contribution >= 4 is 16.9 Å². The number of para-hydroxylation sites is 1. The highest BCUT2D eigenvalue weighted by molar-refractivity contribution is 5.86. The maximum absolute atomic E-state index is 12.7. The Morgan fingerprint density at radius 3 is 3.08 bits per heavy atom. The van der Waals surface area contributed by atoms with Gasteiger partial charge in [-0.3, -0.25) is 4.79 Å². The molecule has 4 rings (SSSR count). The molecule has 0 saturated carbocycles. The van der Waals surface area contributed by atoms with Crippen molar-refractivity contribution in [2.45, 2.75) is 32.7 Å². The van der Waals surface area contributed by atoms with E-state index in [4.69, 9.17) is 4.52 Å². The number of piperidine rings is 1. The molecule has 2 aromatic heterocycles. The molecule has 1 fully saturated rings. The average molecular weight is 338 g/mol. The molecule has 6 nitrogen and oxygen atoms in total. The van der Waals surface area contributed by atoms with Gasteiger partial charge in [0, 0.05) is 37.4 Å². The number of carbonyl (C=O) groups is 1. The third-order valence-electron chi connectivity index (χ3n) is 5.02. The van der Waals surface area contributed by atoms with Crippen LogP contribution < -0.4 is 0 Å². The zero-order valence-electron chi connectivity index (χ0n) is 14.4. The molecule has 3 heterocycles. The lowest BCUT2D eigenvalue weighted by Crippen LogP contribution is -2.41. The molecule has 1 atom stereocenters. The van der Waals surface area contributed by atoms with Crippen molar-refractivity contribution in [1.82, 2.24) is 19.6 Å². The number of hydrogen-bond donors (Lipinski definition) is 0. The maximum atomic E-state index is 12.7. The molecule has 0 N–H and O–H groups in total. The second kappa shape index (κ2) is 6.70. The molecule has 1 aromatic carbocycles. The molecule has 1 amide bonds. The van der Waals surface area contributed by atoms with Crippen LogP contribution in [0.1, 0.15) is 24.4 Å². The van der Waals surface area contributed by atoms with Crippen molar-refractivity contribution in [3.8, 4) is 0 Å². The van der Waals surface area contributed by atoms with Crippen LogP contribution in [0.2, 0.25) is 0 Å². The first kappa shape index (κ1) is 15.9. The fourth-order valence-electron chi connectivity index (χ4n) is 3.64. The lowest BCUT2D eigenvalue weighted by Gasteiger charge is -2.33. The van der Waals surface area contributed by atoms with E-state index in [0.29, 0.717) is 12.3 Å². The molecule has 3 aromatic rings. The molecule has 1 aliphatic heterocycles. The second-order valence-corrected chi connectivity index (χ2v) is 6.78. The third kappa shape index (κ3) is 3.29. The van der Waals surface area contributed by atoms with E-state index in [2.05, 4.69) is 14.7 Å². The molecule has 0 spiro atoms. The number of aromatic nitrogens is 3. The van der Waals surface area contributed by atoms with Crippen LogP contribution in [0.25, 0.3) is 11.0 Å². The maximum Gasteiger partial charge on any atom is 0.228 e. The van der Waals surface area contributed by atoms with Crippen LogP contribution >= 0.6 is 0 Å². The van der Waals surface area contributed by atoms with Crippen molar-refractivity contribution in [3.63, 3.8) is 0 Å². The number of imidazole rings is 1. The van der Waals surface area contributed by atoms with E-state index in [-0.39, 0.29) is 5.91 Å². The lowest BCUT2D eigenvalue weighted by atomic mass is 9.97. The van der Waals surface area contributed by atoms with Gasteiger partial charge in [-0.15, -0.1) is 0 Å². The van der Waals surface area contributed by atoms with Gasteiger partial charge in [0.05, 0.1) is 6.42 Å². The SMILES string of the molecule is Cc1nccn1C[C@@H]1CCCN(C(=O)Cc2noc3ccccc23)C1. The number of likely N-dealkylation sites (tertiary alicyclic amines) is 1. The second-order valence-electron chi connectivity index (χ2n) is 6.78. The van der Waals surface area contributed by atoms with Crippen molar-refractivity contribution in [2.24, 2.45) is 5.92 Å². The van der Waals surface area contributed by atoms with Crippen LogP contribution in [-0.2, 0) is 17.8 Å². The Morgan fingerprint density at radius 1 is 1.36 bits per heavy atom. The molecule has 130 valence electrons. The van der Waals surface area contributed by atoms with Crippen LogP contribution in [0.3, 0.4) is 0 Å². The summed E-state index contributed by atoms with van der Waals surface area (Å²) in [6, 6.07) is 7.68. The van der Waals surface area contributed by atoms with Gasteiger partial charge < -0.3 is 14.0 Å². The summed E-state index contributed by atoms with van der Waals surface area (Å²) in [5.74, 6) is 1.63. The Labute approximate surface area is 146 Å². The van der Waals surface area contributed by atoms with Gasteiger partial charge in [-0.2, -0.15) is 0 Å². The minimum Gasteiger partial charge on any atom is -0.356 e. The van der Waals surface area contributed by atoms with Gasteiger partial charge in [0.2, 0.25) is 5.91 Å². The first-order valence-electron chi connectivity index (χ1n) is 8.79. The summed E-state index contributed by atoms with van der Waals surface area (Å²) >= 11 is 0. The van der Waals surface area contributed by atoms with Gasteiger partial charge in [0.25, 0.3) is 0 Å². The summed E-state index contributed by atoms with van der Waals surface area (Å²) in [7, 11) is 0. The highest BCUT2D eigenvalue weighted by Gasteiger charge is 2.25. The number of benzene rings is 1. The molecular formula is C19H22N4O2. The largest absolute Gasteiger partial charge is 0.356 e. The highest BCUT2D eigenvalue weighted by atomic mass is 16.5. The van der Waals surface area contributed by atoms with Gasteiger partial charge >= 0.3 is 0 Å². The Bertz CT molecular complexity index is 882. The van der Waals surface area contributed by atoms with Crippen LogP contribution in [0, 0.1) is 12.8 Å². The quantitative estimate of drug-likeness (QED) is 0.734. The lowest BCUT2D eigenvalue weighted by molar-refractivity contribution is -0.132. The van der Waals surface area contributed by atoms with Gasteiger partial charge in [-0.25, -0.2) is 4.98 Å². The van der Waals surface area contributed by atoms with Crippen molar-refractivity contribution in [2.75, 3.05) is 13.1 Å². The zero-order valence-corrected chi connectivity index (χ0v) is 14.4. The topological polar surface area (TPSA) is 64.2 Å². The number of fused-ring (bicyclic) bond motifs is 1. The molecule has 1 aliphatic rings. The summed E-state index contributed by atoms with van der Waals surface area (Å²) < 4.78 is 7.48.